The minimum atomic E-state index is -1.64. The summed E-state index contributed by atoms with van der Waals surface area (Å²) in [6, 6.07) is 6.01. The maximum absolute atomic E-state index is 12.3. The number of phenols is 1. The molecule has 4 aliphatic rings. The van der Waals surface area contributed by atoms with E-state index in [2.05, 4.69) is 6.58 Å². The van der Waals surface area contributed by atoms with Gasteiger partial charge in [-0.2, -0.15) is 0 Å². The van der Waals surface area contributed by atoms with Crippen molar-refractivity contribution < 1.29 is 58.5 Å². The largest absolute Gasteiger partial charge is 0.508 e. The third-order valence-corrected chi connectivity index (χ3v) is 7.65. The number of fused-ring (bicyclic) bond motifs is 4. The molecule has 4 N–H and O–H groups in total. The van der Waals surface area contributed by atoms with E-state index in [4.69, 9.17) is 23.7 Å². The number of aliphatic hydroxyl groups excluding tert-OH is 3. The standard InChI is InChI=1S/C29H32O12/c1-14-23-19(39-27(14)35)9-16(3-2-4-17-11-20(23)40-28(17)36)12-38-29-26(34)25(33)24(32)21(41-29)13-37-22(31)10-15-5-7-18(30)8-6-15/h4-9,19-21,23-26,29-30,32-34H,1-3,10-13H2/t19-,20+,21-,23+,24-,25+,26-,29-/m1/s1. The fraction of sp³-hybridized carbons (Fsp3) is 0.483. The van der Waals surface area contributed by atoms with Crippen molar-refractivity contribution in [2.45, 2.75) is 68.6 Å². The van der Waals surface area contributed by atoms with E-state index < -0.39 is 73.3 Å². The van der Waals surface area contributed by atoms with Crippen LogP contribution in [0.1, 0.15) is 24.8 Å². The van der Waals surface area contributed by atoms with Crippen molar-refractivity contribution in [3.05, 3.63) is 65.3 Å². The van der Waals surface area contributed by atoms with Gasteiger partial charge < -0.3 is 44.1 Å². The lowest BCUT2D eigenvalue weighted by Gasteiger charge is -2.40. The van der Waals surface area contributed by atoms with E-state index in [1.54, 1.807) is 24.3 Å². The Hall–Kier alpha value is -3.55. The number of aromatic hydroxyl groups is 1. The highest BCUT2D eigenvalue weighted by molar-refractivity contribution is 5.93. The SMILES string of the molecule is C=C1C(=O)O[C@@H]2C=C(CO[C@@H]3O[C@H](COC(=O)Cc4ccc(O)cc4)[C@@H](O)[C@H](O)[C@H]3O)CCC=C3C[C@H](OC3=O)[C@@H]12. The van der Waals surface area contributed by atoms with E-state index >= 15 is 0 Å². The van der Waals surface area contributed by atoms with Gasteiger partial charge in [-0.15, -0.1) is 0 Å². The molecule has 0 unspecified atom stereocenters. The molecule has 1 aliphatic carbocycles. The lowest BCUT2D eigenvalue weighted by atomic mass is 9.86. The summed E-state index contributed by atoms with van der Waals surface area (Å²) >= 11 is 0. The molecule has 5 rings (SSSR count). The predicted molar refractivity (Wildman–Crippen MR) is 138 cm³/mol. The zero-order chi connectivity index (χ0) is 29.3. The number of hydrogen-bond acceptors (Lipinski definition) is 12. The molecular formula is C29H32O12. The van der Waals surface area contributed by atoms with E-state index in [1.165, 1.54) is 12.1 Å². The highest BCUT2D eigenvalue weighted by atomic mass is 16.7. The number of rotatable bonds is 7. The Balaban J connectivity index is 1.22. The number of carbonyl (C=O) groups excluding carboxylic acids is 3. The molecule has 3 fully saturated rings. The molecule has 3 saturated heterocycles. The normalized spacial score (nSPS) is 33.3. The summed E-state index contributed by atoms with van der Waals surface area (Å²) in [7, 11) is 0. The number of hydrogen-bond donors (Lipinski definition) is 4. The van der Waals surface area contributed by atoms with Gasteiger partial charge in [0, 0.05) is 17.6 Å². The van der Waals surface area contributed by atoms with E-state index in [1.807, 2.05) is 0 Å². The van der Waals surface area contributed by atoms with Gasteiger partial charge >= 0.3 is 17.9 Å². The van der Waals surface area contributed by atoms with Crippen LogP contribution in [-0.4, -0.2) is 94.5 Å². The van der Waals surface area contributed by atoms with Crippen LogP contribution in [0.15, 0.2) is 59.7 Å². The molecule has 3 aliphatic heterocycles. The van der Waals surface area contributed by atoms with Gasteiger partial charge in [0.05, 0.1) is 18.9 Å². The smallest absolute Gasteiger partial charge is 0.334 e. The number of carbonyl (C=O) groups is 3. The van der Waals surface area contributed by atoms with Crippen molar-refractivity contribution in [2.75, 3.05) is 13.2 Å². The van der Waals surface area contributed by atoms with Crippen LogP contribution in [0.25, 0.3) is 0 Å². The summed E-state index contributed by atoms with van der Waals surface area (Å²) in [5, 5.41) is 40.7. The fourth-order valence-corrected chi connectivity index (χ4v) is 5.36. The van der Waals surface area contributed by atoms with Crippen molar-refractivity contribution in [2.24, 2.45) is 5.92 Å². The molecule has 220 valence electrons. The van der Waals surface area contributed by atoms with Crippen molar-refractivity contribution in [3.63, 3.8) is 0 Å². The molecule has 0 amide bonds. The second-order valence-electron chi connectivity index (χ2n) is 10.5. The van der Waals surface area contributed by atoms with Crippen LogP contribution in [0.4, 0.5) is 0 Å². The second-order valence-corrected chi connectivity index (χ2v) is 10.5. The van der Waals surface area contributed by atoms with Crippen molar-refractivity contribution >= 4 is 17.9 Å². The highest BCUT2D eigenvalue weighted by Crippen LogP contribution is 2.39. The van der Waals surface area contributed by atoms with Gasteiger partial charge in [0.1, 0.15) is 49.0 Å². The Morgan fingerprint density at radius 3 is 2.54 bits per heavy atom. The number of esters is 3. The van der Waals surface area contributed by atoms with Gasteiger partial charge in [-0.25, -0.2) is 9.59 Å². The molecular weight excluding hydrogens is 540 g/mol. The third-order valence-electron chi connectivity index (χ3n) is 7.65. The van der Waals surface area contributed by atoms with Crippen LogP contribution >= 0.6 is 0 Å². The molecule has 1 aromatic carbocycles. The monoisotopic (exact) mass is 572 g/mol. The van der Waals surface area contributed by atoms with E-state index in [9.17, 15) is 34.8 Å². The number of benzene rings is 1. The zero-order valence-corrected chi connectivity index (χ0v) is 22.1. The molecule has 0 spiro atoms. The lowest BCUT2D eigenvalue weighted by molar-refractivity contribution is -0.299. The Morgan fingerprint density at radius 1 is 1.02 bits per heavy atom. The van der Waals surface area contributed by atoms with Crippen LogP contribution < -0.4 is 0 Å². The maximum atomic E-state index is 12.3. The van der Waals surface area contributed by atoms with E-state index in [0.717, 1.165) is 0 Å². The quantitative estimate of drug-likeness (QED) is 0.153. The Labute approximate surface area is 235 Å². The van der Waals surface area contributed by atoms with Gasteiger partial charge in [0.15, 0.2) is 6.29 Å². The molecule has 0 saturated carbocycles. The first-order valence-electron chi connectivity index (χ1n) is 13.3. The van der Waals surface area contributed by atoms with Gasteiger partial charge in [-0.1, -0.05) is 24.8 Å². The molecule has 12 heteroatoms. The topological polar surface area (TPSA) is 178 Å². The van der Waals surface area contributed by atoms with Crippen LogP contribution in [0, 0.1) is 5.92 Å². The average Bonchev–Trinajstić information content (AvgIpc) is 3.43. The molecule has 8 atom stereocenters. The maximum Gasteiger partial charge on any atom is 0.334 e. The number of allylic oxidation sites excluding steroid dienone is 1. The van der Waals surface area contributed by atoms with Crippen molar-refractivity contribution in [3.8, 4) is 5.75 Å². The van der Waals surface area contributed by atoms with Gasteiger partial charge in [-0.3, -0.25) is 4.79 Å². The van der Waals surface area contributed by atoms with Gasteiger partial charge in [0.2, 0.25) is 0 Å². The summed E-state index contributed by atoms with van der Waals surface area (Å²) in [6.45, 7) is 3.33. The Kier molecular flexibility index (Phi) is 8.57. The summed E-state index contributed by atoms with van der Waals surface area (Å²) in [4.78, 5) is 36.9. The average molecular weight is 573 g/mol. The predicted octanol–water partition coefficient (Wildman–Crippen LogP) is 0.362. The second kappa shape index (κ2) is 12.1. The van der Waals surface area contributed by atoms with Gasteiger partial charge in [0.25, 0.3) is 0 Å². The molecule has 1 aromatic rings. The Bertz CT molecular complexity index is 1250. The minimum absolute atomic E-state index is 0.0587. The molecule has 41 heavy (non-hydrogen) atoms. The van der Waals surface area contributed by atoms with Crippen molar-refractivity contribution in [1.29, 1.82) is 0 Å². The number of aliphatic hydroxyl groups is 3. The third kappa shape index (κ3) is 6.36. The summed E-state index contributed by atoms with van der Waals surface area (Å²) < 4.78 is 27.7. The molecule has 0 aromatic heterocycles. The number of phenolic OH excluding ortho intramolecular Hbond substituents is 1. The molecule has 0 radical (unpaired) electrons. The zero-order valence-electron chi connectivity index (χ0n) is 22.1. The fourth-order valence-electron chi connectivity index (χ4n) is 5.36. The minimum Gasteiger partial charge on any atom is -0.508 e. The van der Waals surface area contributed by atoms with Crippen LogP contribution in [-0.2, 0) is 44.5 Å². The summed E-state index contributed by atoms with van der Waals surface area (Å²) in [5.74, 6) is -2.12. The van der Waals surface area contributed by atoms with Crippen molar-refractivity contribution in [1.82, 2.24) is 0 Å². The summed E-state index contributed by atoms with van der Waals surface area (Å²) in [5.41, 5.74) is 2.03. The number of ether oxygens (including phenoxy) is 5. The highest BCUT2D eigenvalue weighted by Gasteiger charge is 2.48. The van der Waals surface area contributed by atoms with Gasteiger partial charge in [-0.05, 0) is 42.2 Å². The summed E-state index contributed by atoms with van der Waals surface area (Å²) in [6.07, 6.45) is -3.98. The first kappa shape index (κ1) is 29.0. The molecule has 2 bridgehead atoms. The Morgan fingerprint density at radius 2 is 1.78 bits per heavy atom. The van der Waals surface area contributed by atoms with Crippen LogP contribution in [0.3, 0.4) is 0 Å². The van der Waals surface area contributed by atoms with Crippen LogP contribution in [0.2, 0.25) is 0 Å². The molecule has 3 heterocycles. The van der Waals surface area contributed by atoms with Crippen LogP contribution in [0.5, 0.6) is 5.75 Å². The molecule has 12 nitrogen and oxygen atoms in total. The van der Waals surface area contributed by atoms with E-state index in [-0.39, 0.29) is 24.4 Å². The lowest BCUT2D eigenvalue weighted by Crippen LogP contribution is -2.59. The first-order chi connectivity index (χ1) is 19.6. The first-order valence-corrected chi connectivity index (χ1v) is 13.3. The van der Waals surface area contributed by atoms with E-state index in [0.29, 0.717) is 36.0 Å².